The van der Waals surface area contributed by atoms with Crippen LogP contribution in [0.15, 0.2) is 18.2 Å². The average Bonchev–Trinajstić information content (AvgIpc) is 2.29. The number of hydrogen-bond acceptors (Lipinski definition) is 3. The second kappa shape index (κ2) is 5.91. The minimum Gasteiger partial charge on any atom is -0.398 e. The van der Waals surface area contributed by atoms with Crippen LogP contribution in [0.5, 0.6) is 0 Å². The van der Waals surface area contributed by atoms with Gasteiger partial charge in [0, 0.05) is 16.3 Å². The van der Waals surface area contributed by atoms with Gasteiger partial charge in [0.05, 0.1) is 24.9 Å². The minimum absolute atomic E-state index is 0.238. The van der Waals surface area contributed by atoms with Crippen molar-refractivity contribution >= 4 is 17.3 Å². The van der Waals surface area contributed by atoms with E-state index < -0.39 is 0 Å². The Morgan fingerprint density at radius 2 is 2.00 bits per heavy atom. The number of halogens is 1. The molecule has 4 heteroatoms. The Balaban J connectivity index is 1.92. The van der Waals surface area contributed by atoms with E-state index in [1.165, 1.54) is 0 Å². The molecule has 0 spiro atoms. The van der Waals surface area contributed by atoms with Crippen molar-refractivity contribution < 1.29 is 9.47 Å². The summed E-state index contributed by atoms with van der Waals surface area (Å²) in [5.74, 6) is 0. The van der Waals surface area contributed by atoms with Gasteiger partial charge >= 0.3 is 0 Å². The van der Waals surface area contributed by atoms with Crippen LogP contribution < -0.4 is 5.73 Å². The molecule has 2 N–H and O–H groups in total. The summed E-state index contributed by atoms with van der Waals surface area (Å²) in [7, 11) is 0. The molecule has 1 aromatic rings. The van der Waals surface area contributed by atoms with Gasteiger partial charge in [0.25, 0.3) is 0 Å². The molecular weight excluding hydrogens is 250 g/mol. The highest BCUT2D eigenvalue weighted by Gasteiger charge is 2.24. The Kier molecular flexibility index (Phi) is 4.49. The molecule has 1 fully saturated rings. The van der Waals surface area contributed by atoms with E-state index in [9.17, 15) is 0 Å². The van der Waals surface area contributed by atoms with E-state index in [2.05, 4.69) is 13.8 Å². The predicted molar refractivity (Wildman–Crippen MR) is 73.7 cm³/mol. The second-order valence-corrected chi connectivity index (χ2v) is 5.44. The summed E-state index contributed by atoms with van der Waals surface area (Å²) >= 11 is 5.95. The van der Waals surface area contributed by atoms with Crippen LogP contribution in [0.3, 0.4) is 0 Å². The average molecular weight is 270 g/mol. The standard InChI is InChI=1S/C14H20ClNO2/c1-9-5-13(6-10(2)18-9)17-8-11-7-12(15)3-4-14(11)16/h3-4,7,9-10,13H,5-6,8,16H2,1-2H3. The summed E-state index contributed by atoms with van der Waals surface area (Å²) in [6.45, 7) is 4.68. The van der Waals surface area contributed by atoms with Crippen LogP contribution in [-0.2, 0) is 16.1 Å². The first-order valence-corrected chi connectivity index (χ1v) is 6.73. The number of rotatable bonds is 3. The van der Waals surface area contributed by atoms with Gasteiger partial charge in [-0.15, -0.1) is 0 Å². The van der Waals surface area contributed by atoms with E-state index in [4.69, 9.17) is 26.8 Å². The summed E-state index contributed by atoms with van der Waals surface area (Å²) in [6.07, 6.45) is 2.63. The molecule has 1 aliphatic rings. The highest BCUT2D eigenvalue weighted by Crippen LogP contribution is 2.24. The van der Waals surface area contributed by atoms with E-state index in [0.717, 1.165) is 24.1 Å². The van der Waals surface area contributed by atoms with E-state index >= 15 is 0 Å². The van der Waals surface area contributed by atoms with Gasteiger partial charge in [0.15, 0.2) is 0 Å². The van der Waals surface area contributed by atoms with Crippen LogP contribution in [-0.4, -0.2) is 18.3 Å². The normalized spacial score (nSPS) is 28.3. The molecule has 18 heavy (non-hydrogen) atoms. The maximum Gasteiger partial charge on any atom is 0.0741 e. The Labute approximate surface area is 113 Å². The quantitative estimate of drug-likeness (QED) is 0.856. The Hall–Kier alpha value is -0.770. The van der Waals surface area contributed by atoms with Gasteiger partial charge in [-0.25, -0.2) is 0 Å². The number of nitrogen functional groups attached to an aromatic ring is 1. The molecular formula is C14H20ClNO2. The first kappa shape index (κ1) is 13.7. The first-order valence-electron chi connectivity index (χ1n) is 6.35. The lowest BCUT2D eigenvalue weighted by Crippen LogP contribution is -2.34. The molecule has 0 aliphatic carbocycles. The molecule has 0 amide bonds. The molecule has 0 saturated carbocycles. The smallest absolute Gasteiger partial charge is 0.0741 e. The molecule has 1 aliphatic heterocycles. The summed E-state index contributed by atoms with van der Waals surface area (Å²) in [5, 5.41) is 0.691. The SMILES string of the molecule is CC1CC(OCc2cc(Cl)ccc2N)CC(C)O1. The van der Waals surface area contributed by atoms with Crippen LogP contribution in [0.2, 0.25) is 5.02 Å². The van der Waals surface area contributed by atoms with Gasteiger partial charge in [-0.05, 0) is 44.9 Å². The number of nitrogens with two attached hydrogens (primary N) is 1. The highest BCUT2D eigenvalue weighted by molar-refractivity contribution is 6.30. The van der Waals surface area contributed by atoms with Gasteiger partial charge in [0.2, 0.25) is 0 Å². The third-order valence-corrected chi connectivity index (χ3v) is 3.47. The van der Waals surface area contributed by atoms with E-state index in [1.54, 1.807) is 6.07 Å². The van der Waals surface area contributed by atoms with Gasteiger partial charge in [-0.1, -0.05) is 11.6 Å². The molecule has 1 aromatic carbocycles. The predicted octanol–water partition coefficient (Wildman–Crippen LogP) is 3.39. The van der Waals surface area contributed by atoms with Crippen LogP contribution in [0.4, 0.5) is 5.69 Å². The maximum absolute atomic E-state index is 5.95. The van der Waals surface area contributed by atoms with Crippen molar-refractivity contribution in [3.63, 3.8) is 0 Å². The van der Waals surface area contributed by atoms with Gasteiger partial charge < -0.3 is 15.2 Å². The van der Waals surface area contributed by atoms with E-state index in [0.29, 0.717) is 11.6 Å². The highest BCUT2D eigenvalue weighted by atomic mass is 35.5. The Morgan fingerprint density at radius 3 is 2.67 bits per heavy atom. The fourth-order valence-electron chi connectivity index (χ4n) is 2.39. The number of hydrogen-bond donors (Lipinski definition) is 1. The molecule has 2 atom stereocenters. The molecule has 0 aromatic heterocycles. The second-order valence-electron chi connectivity index (χ2n) is 5.00. The van der Waals surface area contributed by atoms with Gasteiger partial charge in [0.1, 0.15) is 0 Å². The zero-order valence-corrected chi connectivity index (χ0v) is 11.6. The van der Waals surface area contributed by atoms with Crippen LogP contribution in [0.25, 0.3) is 0 Å². The minimum atomic E-state index is 0.238. The van der Waals surface area contributed by atoms with Crippen molar-refractivity contribution in [2.24, 2.45) is 0 Å². The molecule has 2 rings (SSSR count). The molecule has 2 unspecified atom stereocenters. The number of ether oxygens (including phenoxy) is 2. The fourth-order valence-corrected chi connectivity index (χ4v) is 2.58. The Morgan fingerprint density at radius 1 is 1.33 bits per heavy atom. The topological polar surface area (TPSA) is 44.5 Å². The lowest BCUT2D eigenvalue weighted by Gasteiger charge is -2.32. The zero-order chi connectivity index (χ0) is 13.1. The van der Waals surface area contributed by atoms with Crippen molar-refractivity contribution in [1.82, 2.24) is 0 Å². The summed E-state index contributed by atoms with van der Waals surface area (Å²) in [4.78, 5) is 0. The van der Waals surface area contributed by atoms with Gasteiger partial charge in [-0.3, -0.25) is 0 Å². The summed E-state index contributed by atoms with van der Waals surface area (Å²) in [6, 6.07) is 5.47. The molecule has 3 nitrogen and oxygen atoms in total. The monoisotopic (exact) mass is 269 g/mol. The van der Waals surface area contributed by atoms with Crippen molar-refractivity contribution in [3.8, 4) is 0 Å². The lowest BCUT2D eigenvalue weighted by atomic mass is 10.0. The number of benzene rings is 1. The van der Waals surface area contributed by atoms with E-state index in [1.807, 2.05) is 12.1 Å². The first-order chi connectivity index (χ1) is 8.54. The summed E-state index contributed by atoms with van der Waals surface area (Å²) in [5.41, 5.74) is 7.58. The maximum atomic E-state index is 5.95. The number of anilines is 1. The van der Waals surface area contributed by atoms with Crippen molar-refractivity contribution in [2.75, 3.05) is 5.73 Å². The molecule has 1 saturated heterocycles. The molecule has 0 bridgehead atoms. The Bertz CT molecular complexity index is 401. The van der Waals surface area contributed by atoms with Crippen LogP contribution in [0.1, 0.15) is 32.3 Å². The van der Waals surface area contributed by atoms with Crippen molar-refractivity contribution in [1.29, 1.82) is 0 Å². The van der Waals surface area contributed by atoms with Crippen molar-refractivity contribution in [2.45, 2.75) is 51.6 Å². The third-order valence-electron chi connectivity index (χ3n) is 3.23. The van der Waals surface area contributed by atoms with Crippen LogP contribution in [0, 0.1) is 0 Å². The largest absolute Gasteiger partial charge is 0.398 e. The lowest BCUT2D eigenvalue weighted by molar-refractivity contribution is -0.106. The molecule has 0 radical (unpaired) electrons. The van der Waals surface area contributed by atoms with Crippen molar-refractivity contribution in [3.05, 3.63) is 28.8 Å². The molecule has 100 valence electrons. The van der Waals surface area contributed by atoms with Gasteiger partial charge in [-0.2, -0.15) is 0 Å². The third kappa shape index (κ3) is 3.61. The fraction of sp³-hybridized carbons (Fsp3) is 0.571. The molecule has 1 heterocycles. The van der Waals surface area contributed by atoms with Crippen LogP contribution >= 0.6 is 11.6 Å². The van der Waals surface area contributed by atoms with E-state index in [-0.39, 0.29) is 18.3 Å². The summed E-state index contributed by atoms with van der Waals surface area (Å²) < 4.78 is 11.6. The zero-order valence-electron chi connectivity index (χ0n) is 10.9.